The highest BCUT2D eigenvalue weighted by molar-refractivity contribution is 5.85. The minimum atomic E-state index is -0.279. The summed E-state index contributed by atoms with van der Waals surface area (Å²) in [6, 6.07) is 10.2. The molecule has 0 radical (unpaired) electrons. The average molecular weight is 235 g/mol. The zero-order valence-electron chi connectivity index (χ0n) is 10.5. The molecule has 0 fully saturated rings. The lowest BCUT2D eigenvalue weighted by atomic mass is 9.88. The third kappa shape index (κ3) is 4.44. The maximum atomic E-state index is 8.65. The van der Waals surface area contributed by atoms with Gasteiger partial charge >= 0.3 is 0 Å². The van der Waals surface area contributed by atoms with Gasteiger partial charge in [0.25, 0.3) is 0 Å². The van der Waals surface area contributed by atoms with Crippen LogP contribution in [0.2, 0.25) is 0 Å². The SMILES string of the molecule is CC(C)(CCNCc1ccccc1)C(N)=NO. The van der Waals surface area contributed by atoms with Gasteiger partial charge in [0, 0.05) is 12.0 Å². The molecule has 0 aliphatic carbocycles. The Labute approximate surface area is 103 Å². The predicted molar refractivity (Wildman–Crippen MR) is 70.0 cm³/mol. The molecule has 0 saturated heterocycles. The van der Waals surface area contributed by atoms with Crippen molar-refractivity contribution in [3.63, 3.8) is 0 Å². The van der Waals surface area contributed by atoms with Crippen molar-refractivity contribution in [3.05, 3.63) is 35.9 Å². The number of oxime groups is 1. The van der Waals surface area contributed by atoms with Crippen molar-refractivity contribution in [2.45, 2.75) is 26.8 Å². The van der Waals surface area contributed by atoms with Crippen molar-refractivity contribution in [3.8, 4) is 0 Å². The molecule has 0 bridgehead atoms. The molecular formula is C13H21N3O. The molecular weight excluding hydrogens is 214 g/mol. The van der Waals surface area contributed by atoms with Gasteiger partial charge in [0.05, 0.1) is 0 Å². The second kappa shape index (κ2) is 6.25. The summed E-state index contributed by atoms with van der Waals surface area (Å²) >= 11 is 0. The van der Waals surface area contributed by atoms with E-state index < -0.39 is 0 Å². The highest BCUT2D eigenvalue weighted by atomic mass is 16.4. The number of hydrogen-bond donors (Lipinski definition) is 3. The third-order valence-electron chi connectivity index (χ3n) is 2.90. The van der Waals surface area contributed by atoms with Crippen LogP contribution in [-0.4, -0.2) is 17.6 Å². The fourth-order valence-electron chi connectivity index (χ4n) is 1.49. The third-order valence-corrected chi connectivity index (χ3v) is 2.90. The molecule has 1 rings (SSSR count). The van der Waals surface area contributed by atoms with E-state index in [9.17, 15) is 0 Å². The van der Waals surface area contributed by atoms with Gasteiger partial charge < -0.3 is 16.3 Å². The Hall–Kier alpha value is -1.55. The summed E-state index contributed by atoms with van der Waals surface area (Å²) in [6.07, 6.45) is 0.829. The summed E-state index contributed by atoms with van der Waals surface area (Å²) in [5.41, 5.74) is 6.60. The Morgan fingerprint density at radius 3 is 2.59 bits per heavy atom. The average Bonchev–Trinajstić information content (AvgIpc) is 2.35. The van der Waals surface area contributed by atoms with Crippen LogP contribution in [0.3, 0.4) is 0 Å². The Kier molecular flexibility index (Phi) is 4.97. The number of nitrogens with two attached hydrogens (primary N) is 1. The Balaban J connectivity index is 2.29. The van der Waals surface area contributed by atoms with Gasteiger partial charge in [-0.15, -0.1) is 0 Å². The lowest BCUT2D eigenvalue weighted by Crippen LogP contribution is -2.34. The maximum absolute atomic E-state index is 8.65. The standard InChI is InChI=1S/C13H21N3O/c1-13(2,12(14)16-17)8-9-15-10-11-6-4-3-5-7-11/h3-7,15,17H,8-10H2,1-2H3,(H2,14,16). The van der Waals surface area contributed by atoms with Crippen LogP contribution < -0.4 is 11.1 Å². The molecule has 4 heteroatoms. The zero-order valence-corrected chi connectivity index (χ0v) is 10.5. The van der Waals surface area contributed by atoms with Gasteiger partial charge in [0.1, 0.15) is 5.84 Å². The fourth-order valence-corrected chi connectivity index (χ4v) is 1.49. The monoisotopic (exact) mass is 235 g/mol. The van der Waals surface area contributed by atoms with E-state index >= 15 is 0 Å². The number of nitrogens with zero attached hydrogens (tertiary/aromatic N) is 1. The molecule has 0 amide bonds. The molecule has 0 heterocycles. The first-order valence-electron chi connectivity index (χ1n) is 5.79. The predicted octanol–water partition coefficient (Wildman–Crippen LogP) is 1.94. The van der Waals surface area contributed by atoms with E-state index in [1.165, 1.54) is 5.56 Å². The molecule has 4 nitrogen and oxygen atoms in total. The van der Waals surface area contributed by atoms with Crippen LogP contribution in [0.1, 0.15) is 25.8 Å². The van der Waals surface area contributed by atoms with Crippen LogP contribution in [0, 0.1) is 5.41 Å². The van der Waals surface area contributed by atoms with Crippen LogP contribution in [-0.2, 0) is 6.54 Å². The molecule has 0 aromatic heterocycles. The van der Waals surface area contributed by atoms with Crippen LogP contribution in [0.25, 0.3) is 0 Å². The van der Waals surface area contributed by atoms with E-state index in [0.29, 0.717) is 0 Å². The summed E-state index contributed by atoms with van der Waals surface area (Å²) in [4.78, 5) is 0. The van der Waals surface area contributed by atoms with Gasteiger partial charge in [-0.3, -0.25) is 0 Å². The van der Waals surface area contributed by atoms with Crippen molar-refractivity contribution in [1.82, 2.24) is 5.32 Å². The second-order valence-electron chi connectivity index (χ2n) is 4.78. The first kappa shape index (κ1) is 13.5. The maximum Gasteiger partial charge on any atom is 0.144 e. The fraction of sp³-hybridized carbons (Fsp3) is 0.462. The van der Waals surface area contributed by atoms with E-state index in [1.807, 2.05) is 32.0 Å². The molecule has 0 spiro atoms. The lowest BCUT2D eigenvalue weighted by molar-refractivity contribution is 0.305. The normalized spacial score (nSPS) is 12.7. The molecule has 4 N–H and O–H groups in total. The zero-order chi connectivity index (χ0) is 12.7. The highest BCUT2D eigenvalue weighted by Crippen LogP contribution is 2.19. The van der Waals surface area contributed by atoms with Crippen LogP contribution >= 0.6 is 0 Å². The van der Waals surface area contributed by atoms with Crippen molar-refractivity contribution in [2.75, 3.05) is 6.54 Å². The second-order valence-corrected chi connectivity index (χ2v) is 4.78. The van der Waals surface area contributed by atoms with Crippen LogP contribution in [0.4, 0.5) is 0 Å². The summed E-state index contributed by atoms with van der Waals surface area (Å²) in [7, 11) is 0. The topological polar surface area (TPSA) is 70.6 Å². The molecule has 0 aliphatic heterocycles. The largest absolute Gasteiger partial charge is 0.409 e. The van der Waals surface area contributed by atoms with Crippen LogP contribution in [0.15, 0.2) is 35.5 Å². The minimum absolute atomic E-state index is 0.277. The van der Waals surface area contributed by atoms with Crippen molar-refractivity contribution >= 4 is 5.84 Å². The molecule has 0 saturated carbocycles. The van der Waals surface area contributed by atoms with Gasteiger partial charge in [0.15, 0.2) is 0 Å². The molecule has 94 valence electrons. The van der Waals surface area contributed by atoms with E-state index in [2.05, 4.69) is 22.6 Å². The van der Waals surface area contributed by atoms with Crippen LogP contribution in [0.5, 0.6) is 0 Å². The molecule has 0 unspecified atom stereocenters. The summed E-state index contributed by atoms with van der Waals surface area (Å²) in [5.74, 6) is 0.277. The number of benzene rings is 1. The quantitative estimate of drug-likeness (QED) is 0.232. The van der Waals surface area contributed by atoms with Gasteiger partial charge in [-0.2, -0.15) is 0 Å². The van der Waals surface area contributed by atoms with Gasteiger partial charge in [-0.1, -0.05) is 49.3 Å². The van der Waals surface area contributed by atoms with E-state index in [1.54, 1.807) is 0 Å². The number of hydrogen-bond acceptors (Lipinski definition) is 3. The Morgan fingerprint density at radius 2 is 2.00 bits per heavy atom. The van der Waals surface area contributed by atoms with Crippen molar-refractivity contribution in [2.24, 2.45) is 16.3 Å². The minimum Gasteiger partial charge on any atom is -0.409 e. The van der Waals surface area contributed by atoms with E-state index in [0.717, 1.165) is 19.5 Å². The van der Waals surface area contributed by atoms with Gasteiger partial charge in [-0.25, -0.2) is 0 Å². The van der Waals surface area contributed by atoms with Crippen molar-refractivity contribution in [1.29, 1.82) is 0 Å². The summed E-state index contributed by atoms with van der Waals surface area (Å²) in [5, 5.41) is 15.1. The Bertz CT molecular complexity index is 360. The highest BCUT2D eigenvalue weighted by Gasteiger charge is 2.22. The van der Waals surface area contributed by atoms with E-state index in [-0.39, 0.29) is 11.3 Å². The Morgan fingerprint density at radius 1 is 1.35 bits per heavy atom. The summed E-state index contributed by atoms with van der Waals surface area (Å²) < 4.78 is 0. The molecule has 17 heavy (non-hydrogen) atoms. The molecule has 0 aliphatic rings. The van der Waals surface area contributed by atoms with Gasteiger partial charge in [0.2, 0.25) is 0 Å². The number of nitrogens with one attached hydrogen (secondary N) is 1. The van der Waals surface area contributed by atoms with Gasteiger partial charge in [-0.05, 0) is 18.5 Å². The first-order chi connectivity index (χ1) is 8.06. The lowest BCUT2D eigenvalue weighted by Gasteiger charge is -2.22. The number of rotatable bonds is 6. The summed E-state index contributed by atoms with van der Waals surface area (Å²) in [6.45, 7) is 5.60. The smallest absolute Gasteiger partial charge is 0.144 e. The molecule has 1 aromatic rings. The number of amidine groups is 1. The first-order valence-corrected chi connectivity index (χ1v) is 5.79. The molecule has 0 atom stereocenters. The van der Waals surface area contributed by atoms with E-state index in [4.69, 9.17) is 10.9 Å². The molecule has 1 aromatic carbocycles. The van der Waals surface area contributed by atoms with Crippen molar-refractivity contribution < 1.29 is 5.21 Å².